The van der Waals surface area contributed by atoms with Gasteiger partial charge in [-0.1, -0.05) is 0 Å². The molecule has 6 nitrogen and oxygen atoms in total. The molecule has 1 unspecified atom stereocenters. The number of ether oxygens (including phenoxy) is 1. The summed E-state index contributed by atoms with van der Waals surface area (Å²) in [5, 5.41) is 3.12. The fourth-order valence-corrected chi connectivity index (χ4v) is 6.11. The number of likely N-dealkylation sites (tertiary alicyclic amines) is 1. The van der Waals surface area contributed by atoms with Crippen LogP contribution in [0.15, 0.2) is 5.38 Å². The summed E-state index contributed by atoms with van der Waals surface area (Å²) in [5.74, 6) is 0.452. The Morgan fingerprint density at radius 1 is 1.42 bits per heavy atom. The number of aromatic nitrogens is 1. The van der Waals surface area contributed by atoms with Crippen molar-refractivity contribution in [1.82, 2.24) is 14.6 Å². The van der Waals surface area contributed by atoms with Crippen LogP contribution in [0, 0.1) is 12.8 Å². The molecule has 1 aromatic rings. The maximum absolute atomic E-state index is 11.9. The standard InChI is InChI=1S/C16H25N3O3S2/c1-12-9-23-15(18-12)8-19-10-16(11-19)13(5-7-22-16)4-6-17-24(20,21)14-2-3-14/h9,13-14,17H,2-8,10-11H2,1H3. The second-order valence-corrected chi connectivity index (χ2v) is 10.3. The fraction of sp³-hybridized carbons (Fsp3) is 0.812. The number of sulfonamides is 1. The van der Waals surface area contributed by atoms with Gasteiger partial charge in [0.25, 0.3) is 0 Å². The maximum Gasteiger partial charge on any atom is 0.214 e. The van der Waals surface area contributed by atoms with Gasteiger partial charge in [0.1, 0.15) is 5.01 Å². The molecule has 1 N–H and O–H groups in total. The number of aryl methyl sites for hydroxylation is 1. The average Bonchev–Trinajstić information content (AvgIpc) is 3.17. The van der Waals surface area contributed by atoms with Gasteiger partial charge in [0, 0.05) is 37.3 Å². The Morgan fingerprint density at radius 3 is 2.88 bits per heavy atom. The molecular weight excluding hydrogens is 346 g/mol. The molecule has 4 rings (SSSR count). The topological polar surface area (TPSA) is 71.5 Å². The van der Waals surface area contributed by atoms with E-state index in [9.17, 15) is 8.42 Å². The van der Waals surface area contributed by atoms with Crippen molar-refractivity contribution in [2.75, 3.05) is 26.2 Å². The van der Waals surface area contributed by atoms with E-state index in [0.717, 1.165) is 62.6 Å². The highest BCUT2D eigenvalue weighted by molar-refractivity contribution is 7.90. The van der Waals surface area contributed by atoms with Gasteiger partial charge >= 0.3 is 0 Å². The van der Waals surface area contributed by atoms with E-state index in [-0.39, 0.29) is 10.9 Å². The van der Waals surface area contributed by atoms with E-state index in [0.29, 0.717) is 12.5 Å². The van der Waals surface area contributed by atoms with Crippen molar-refractivity contribution >= 4 is 21.4 Å². The molecule has 0 bridgehead atoms. The molecule has 1 aromatic heterocycles. The molecule has 1 spiro atoms. The Balaban J connectivity index is 1.26. The van der Waals surface area contributed by atoms with Crippen LogP contribution in [0.3, 0.4) is 0 Å². The van der Waals surface area contributed by atoms with Gasteiger partial charge in [-0.2, -0.15) is 0 Å². The molecular formula is C16H25N3O3S2. The van der Waals surface area contributed by atoms with Crippen molar-refractivity contribution in [3.05, 3.63) is 16.1 Å². The lowest BCUT2D eigenvalue weighted by Gasteiger charge is -2.50. The molecule has 0 aromatic carbocycles. The van der Waals surface area contributed by atoms with Crippen LogP contribution in [-0.4, -0.2) is 55.4 Å². The third-order valence-electron chi connectivity index (χ3n) is 5.37. The van der Waals surface area contributed by atoms with Crippen molar-refractivity contribution < 1.29 is 13.2 Å². The number of nitrogens with one attached hydrogen (secondary N) is 1. The molecule has 1 atom stereocenters. The molecule has 3 heterocycles. The minimum absolute atomic E-state index is 0.0582. The quantitative estimate of drug-likeness (QED) is 0.787. The van der Waals surface area contributed by atoms with Crippen LogP contribution in [-0.2, 0) is 21.3 Å². The Labute approximate surface area is 147 Å². The zero-order valence-electron chi connectivity index (χ0n) is 14.0. The average molecular weight is 372 g/mol. The second-order valence-electron chi connectivity index (χ2n) is 7.35. The van der Waals surface area contributed by atoms with Gasteiger partial charge in [0.15, 0.2) is 0 Å². The number of hydrogen-bond donors (Lipinski definition) is 1. The lowest BCUT2D eigenvalue weighted by molar-refractivity contribution is -0.136. The van der Waals surface area contributed by atoms with Crippen LogP contribution in [0.1, 0.15) is 36.4 Å². The first kappa shape index (κ1) is 16.9. The summed E-state index contributed by atoms with van der Waals surface area (Å²) in [4.78, 5) is 6.90. The molecule has 2 saturated heterocycles. The van der Waals surface area contributed by atoms with Gasteiger partial charge in [0.2, 0.25) is 10.0 Å². The summed E-state index contributed by atoms with van der Waals surface area (Å²) in [6.07, 6.45) is 3.54. The third kappa shape index (κ3) is 3.39. The molecule has 3 aliphatic rings. The summed E-state index contributed by atoms with van der Waals surface area (Å²) in [5.41, 5.74) is 1.03. The third-order valence-corrected chi connectivity index (χ3v) is 8.27. The first-order chi connectivity index (χ1) is 11.5. The summed E-state index contributed by atoms with van der Waals surface area (Å²) < 4.78 is 32.7. The summed E-state index contributed by atoms with van der Waals surface area (Å²) in [6, 6.07) is 0. The van der Waals surface area contributed by atoms with Crippen LogP contribution in [0.5, 0.6) is 0 Å². The minimum Gasteiger partial charge on any atom is -0.372 e. The van der Waals surface area contributed by atoms with Crippen LogP contribution in [0.25, 0.3) is 0 Å². The molecule has 1 saturated carbocycles. The highest BCUT2D eigenvalue weighted by Gasteiger charge is 2.52. The van der Waals surface area contributed by atoms with E-state index in [1.165, 1.54) is 0 Å². The number of rotatable bonds is 7. The predicted octanol–water partition coefficient (Wildman–Crippen LogP) is 1.51. The first-order valence-corrected chi connectivity index (χ1v) is 11.2. The van der Waals surface area contributed by atoms with E-state index >= 15 is 0 Å². The lowest BCUT2D eigenvalue weighted by Crippen LogP contribution is -2.64. The summed E-state index contributed by atoms with van der Waals surface area (Å²) in [6.45, 7) is 6.13. The van der Waals surface area contributed by atoms with Gasteiger partial charge < -0.3 is 4.74 Å². The zero-order valence-corrected chi connectivity index (χ0v) is 15.7. The van der Waals surface area contributed by atoms with Crippen molar-refractivity contribution in [2.24, 2.45) is 5.92 Å². The molecule has 3 fully saturated rings. The summed E-state index contributed by atoms with van der Waals surface area (Å²) >= 11 is 1.71. The molecule has 2 aliphatic heterocycles. The van der Waals surface area contributed by atoms with Crippen LogP contribution in [0.4, 0.5) is 0 Å². The molecule has 0 amide bonds. The van der Waals surface area contributed by atoms with Crippen molar-refractivity contribution in [3.63, 3.8) is 0 Å². The van der Waals surface area contributed by atoms with Gasteiger partial charge in [-0.15, -0.1) is 11.3 Å². The van der Waals surface area contributed by atoms with Crippen LogP contribution < -0.4 is 4.72 Å². The number of hydrogen-bond acceptors (Lipinski definition) is 6. The number of nitrogens with zero attached hydrogens (tertiary/aromatic N) is 2. The van der Waals surface area contributed by atoms with Gasteiger partial charge in [0.05, 0.1) is 17.4 Å². The largest absolute Gasteiger partial charge is 0.372 e. The van der Waals surface area contributed by atoms with Crippen molar-refractivity contribution in [2.45, 2.75) is 50.0 Å². The minimum atomic E-state index is -3.06. The molecule has 134 valence electrons. The van der Waals surface area contributed by atoms with Crippen molar-refractivity contribution in [3.8, 4) is 0 Å². The highest BCUT2D eigenvalue weighted by atomic mass is 32.2. The second kappa shape index (κ2) is 6.32. The monoisotopic (exact) mass is 371 g/mol. The Bertz CT molecular complexity index is 693. The normalized spacial score (nSPS) is 26.8. The Hall–Kier alpha value is -0.540. The van der Waals surface area contributed by atoms with Gasteiger partial charge in [-0.05, 0) is 38.5 Å². The summed E-state index contributed by atoms with van der Waals surface area (Å²) in [7, 11) is -3.06. The highest BCUT2D eigenvalue weighted by Crippen LogP contribution is 2.42. The molecule has 8 heteroatoms. The van der Waals surface area contributed by atoms with E-state index in [1.54, 1.807) is 11.3 Å². The molecule has 24 heavy (non-hydrogen) atoms. The molecule has 0 radical (unpaired) electrons. The van der Waals surface area contributed by atoms with E-state index in [1.807, 2.05) is 6.92 Å². The van der Waals surface area contributed by atoms with E-state index < -0.39 is 10.0 Å². The zero-order chi connectivity index (χ0) is 16.8. The van der Waals surface area contributed by atoms with Gasteiger partial charge in [-0.25, -0.2) is 18.1 Å². The Kier molecular flexibility index (Phi) is 4.45. The van der Waals surface area contributed by atoms with E-state index in [4.69, 9.17) is 4.74 Å². The lowest BCUT2D eigenvalue weighted by atomic mass is 9.79. The first-order valence-electron chi connectivity index (χ1n) is 8.73. The Morgan fingerprint density at radius 2 is 2.21 bits per heavy atom. The van der Waals surface area contributed by atoms with Crippen LogP contribution >= 0.6 is 11.3 Å². The maximum atomic E-state index is 11.9. The fourth-order valence-electron chi connectivity index (χ4n) is 3.90. The molecule has 1 aliphatic carbocycles. The van der Waals surface area contributed by atoms with Crippen LogP contribution in [0.2, 0.25) is 0 Å². The predicted molar refractivity (Wildman–Crippen MR) is 93.5 cm³/mol. The van der Waals surface area contributed by atoms with Crippen molar-refractivity contribution in [1.29, 1.82) is 0 Å². The van der Waals surface area contributed by atoms with E-state index in [2.05, 4.69) is 20.0 Å². The smallest absolute Gasteiger partial charge is 0.214 e. The SMILES string of the molecule is Cc1csc(CN2CC3(C2)OCCC3CCNS(=O)(=O)C2CC2)n1. The van der Waals surface area contributed by atoms with Gasteiger partial charge in [-0.3, -0.25) is 4.90 Å². The number of thiazole rings is 1.